The fraction of sp³-hybridized carbons (Fsp3) is 0.533. The minimum Gasteiger partial charge on any atom is -0.375 e. The Bertz CT molecular complexity index is 388. The largest absolute Gasteiger partial charge is 0.375 e. The number of ether oxygens (including phenoxy) is 1. The van der Waals surface area contributed by atoms with Crippen LogP contribution < -0.4 is 5.32 Å². The molecule has 2 rings (SSSR count). The van der Waals surface area contributed by atoms with Gasteiger partial charge < -0.3 is 10.1 Å². The van der Waals surface area contributed by atoms with E-state index >= 15 is 0 Å². The van der Waals surface area contributed by atoms with E-state index in [1.54, 1.807) is 0 Å². The first kappa shape index (κ1) is 14.0. The molecule has 1 unspecified atom stereocenters. The van der Waals surface area contributed by atoms with Gasteiger partial charge in [-0.2, -0.15) is 0 Å². The van der Waals surface area contributed by atoms with Gasteiger partial charge in [0.15, 0.2) is 0 Å². The third-order valence-electron chi connectivity index (χ3n) is 3.53. The summed E-state index contributed by atoms with van der Waals surface area (Å²) in [5.41, 5.74) is 1.27. The second-order valence-electron chi connectivity index (χ2n) is 4.91. The first-order chi connectivity index (χ1) is 9.31. The normalized spacial score (nSPS) is 17.3. The van der Waals surface area contributed by atoms with E-state index in [1.165, 1.54) is 25.5 Å². The zero-order valence-corrected chi connectivity index (χ0v) is 11.5. The van der Waals surface area contributed by atoms with Crippen LogP contribution in [0.2, 0.25) is 0 Å². The minimum absolute atomic E-state index is 0.0531. The van der Waals surface area contributed by atoms with Crippen LogP contribution in [0.3, 0.4) is 0 Å². The lowest BCUT2D eigenvalue weighted by molar-refractivity contribution is -0.124. The molecule has 1 atom stereocenters. The number of hydrogen-bond donors (Lipinski definition) is 1. The summed E-state index contributed by atoms with van der Waals surface area (Å²) in [6, 6.07) is 10.7. The molecule has 0 bridgehead atoms. The van der Waals surface area contributed by atoms with Crippen molar-refractivity contribution in [3.05, 3.63) is 35.9 Å². The van der Waals surface area contributed by atoms with Crippen LogP contribution in [0, 0.1) is 0 Å². The maximum absolute atomic E-state index is 11.5. The number of hydrogen-bond acceptors (Lipinski definition) is 3. The second kappa shape index (κ2) is 7.26. The van der Waals surface area contributed by atoms with Crippen LogP contribution in [-0.4, -0.2) is 44.2 Å². The summed E-state index contributed by atoms with van der Waals surface area (Å²) in [6.45, 7) is 2.99. The van der Waals surface area contributed by atoms with Crippen molar-refractivity contribution < 1.29 is 9.53 Å². The molecule has 1 aromatic rings. The molecule has 1 aliphatic heterocycles. The topological polar surface area (TPSA) is 41.6 Å². The van der Waals surface area contributed by atoms with Gasteiger partial charge in [0.2, 0.25) is 5.91 Å². The van der Waals surface area contributed by atoms with Crippen LogP contribution in [-0.2, 0) is 9.53 Å². The Kier molecular flexibility index (Phi) is 5.36. The van der Waals surface area contributed by atoms with Gasteiger partial charge >= 0.3 is 0 Å². The molecule has 1 aromatic carbocycles. The average Bonchev–Trinajstić information content (AvgIpc) is 2.94. The lowest BCUT2D eigenvalue weighted by Crippen LogP contribution is -2.38. The predicted octanol–water partition coefficient (Wildman–Crippen LogP) is 1.59. The van der Waals surface area contributed by atoms with E-state index < -0.39 is 0 Å². The van der Waals surface area contributed by atoms with Gasteiger partial charge in [-0.25, -0.2) is 0 Å². The van der Waals surface area contributed by atoms with E-state index in [9.17, 15) is 4.79 Å². The number of nitrogens with one attached hydrogen (secondary N) is 1. The van der Waals surface area contributed by atoms with E-state index in [-0.39, 0.29) is 18.6 Å². The van der Waals surface area contributed by atoms with Crippen LogP contribution in [0.4, 0.5) is 0 Å². The molecule has 1 amide bonds. The van der Waals surface area contributed by atoms with Gasteiger partial charge in [-0.05, 0) is 31.5 Å². The van der Waals surface area contributed by atoms with Gasteiger partial charge in [0, 0.05) is 13.7 Å². The molecule has 0 spiro atoms. The summed E-state index contributed by atoms with van der Waals surface area (Å²) >= 11 is 0. The molecule has 1 N–H and O–H groups in total. The molecule has 0 aliphatic carbocycles. The Morgan fingerprint density at radius 3 is 2.63 bits per heavy atom. The molecule has 1 fully saturated rings. The predicted molar refractivity (Wildman–Crippen MR) is 74.9 cm³/mol. The van der Waals surface area contributed by atoms with Crippen LogP contribution >= 0.6 is 0 Å². The molecule has 0 radical (unpaired) electrons. The van der Waals surface area contributed by atoms with Gasteiger partial charge in [-0.3, -0.25) is 9.69 Å². The first-order valence-corrected chi connectivity index (χ1v) is 6.86. The van der Waals surface area contributed by atoms with Crippen molar-refractivity contribution in [2.24, 2.45) is 0 Å². The highest BCUT2D eigenvalue weighted by molar-refractivity contribution is 5.77. The van der Waals surface area contributed by atoms with Crippen molar-refractivity contribution in [2.45, 2.75) is 18.9 Å². The van der Waals surface area contributed by atoms with E-state index in [2.05, 4.69) is 34.5 Å². The minimum atomic E-state index is -0.0531. The highest BCUT2D eigenvalue weighted by atomic mass is 16.5. The van der Waals surface area contributed by atoms with E-state index in [1.807, 2.05) is 6.07 Å². The molecule has 19 heavy (non-hydrogen) atoms. The van der Waals surface area contributed by atoms with Gasteiger partial charge in [-0.1, -0.05) is 30.3 Å². The van der Waals surface area contributed by atoms with Crippen molar-refractivity contribution in [3.63, 3.8) is 0 Å². The number of carbonyl (C=O) groups is 1. The Morgan fingerprint density at radius 2 is 2.00 bits per heavy atom. The molecule has 1 saturated heterocycles. The monoisotopic (exact) mass is 262 g/mol. The number of rotatable bonds is 6. The smallest absolute Gasteiger partial charge is 0.246 e. The number of methoxy groups -OCH3 is 1. The lowest BCUT2D eigenvalue weighted by atomic mass is 10.1. The van der Waals surface area contributed by atoms with Gasteiger partial charge in [0.25, 0.3) is 0 Å². The van der Waals surface area contributed by atoms with Crippen LogP contribution in [0.25, 0.3) is 0 Å². The molecule has 1 heterocycles. The summed E-state index contributed by atoms with van der Waals surface area (Å²) in [6.07, 6.45) is 2.49. The van der Waals surface area contributed by atoms with Crippen LogP contribution in [0.15, 0.2) is 30.3 Å². The van der Waals surface area contributed by atoms with E-state index in [4.69, 9.17) is 4.74 Å². The maximum Gasteiger partial charge on any atom is 0.246 e. The SMILES string of the molecule is COCC(=O)NCC(c1ccccc1)N1CCCC1. The summed E-state index contributed by atoms with van der Waals surface area (Å²) in [7, 11) is 1.54. The maximum atomic E-state index is 11.5. The Hall–Kier alpha value is -1.39. The molecular weight excluding hydrogens is 240 g/mol. The number of amides is 1. The quantitative estimate of drug-likeness (QED) is 0.846. The van der Waals surface area contributed by atoms with Crippen molar-refractivity contribution >= 4 is 5.91 Å². The molecule has 0 saturated carbocycles. The lowest BCUT2D eigenvalue weighted by Gasteiger charge is -2.28. The Balaban J connectivity index is 2.00. The van der Waals surface area contributed by atoms with Crippen LogP contribution in [0.5, 0.6) is 0 Å². The summed E-state index contributed by atoms with van der Waals surface area (Å²) in [5, 5.41) is 2.95. The Labute approximate surface area is 114 Å². The van der Waals surface area contributed by atoms with Gasteiger partial charge in [-0.15, -0.1) is 0 Å². The van der Waals surface area contributed by atoms with Gasteiger partial charge in [0.1, 0.15) is 6.61 Å². The standard InChI is InChI=1S/C15H22N2O2/c1-19-12-15(18)16-11-14(17-9-5-6-10-17)13-7-3-2-4-8-13/h2-4,7-8,14H,5-6,9-12H2,1H3,(H,16,18). The molecular formula is C15H22N2O2. The summed E-state index contributed by atoms with van der Waals surface area (Å²) in [4.78, 5) is 14.0. The average molecular weight is 262 g/mol. The van der Waals surface area contributed by atoms with Crippen LogP contribution in [0.1, 0.15) is 24.4 Å². The fourth-order valence-electron chi connectivity index (χ4n) is 2.58. The molecule has 0 aromatic heterocycles. The fourth-order valence-corrected chi connectivity index (χ4v) is 2.58. The number of benzene rings is 1. The number of carbonyl (C=O) groups excluding carboxylic acids is 1. The number of nitrogens with zero attached hydrogens (tertiary/aromatic N) is 1. The van der Waals surface area contributed by atoms with Crippen molar-refractivity contribution in [1.82, 2.24) is 10.2 Å². The van der Waals surface area contributed by atoms with Crippen molar-refractivity contribution in [2.75, 3.05) is 33.4 Å². The number of likely N-dealkylation sites (tertiary alicyclic amines) is 1. The zero-order valence-electron chi connectivity index (χ0n) is 11.5. The first-order valence-electron chi connectivity index (χ1n) is 6.86. The molecule has 4 heteroatoms. The highest BCUT2D eigenvalue weighted by Gasteiger charge is 2.23. The summed E-state index contributed by atoms with van der Waals surface area (Å²) in [5.74, 6) is -0.0531. The van der Waals surface area contributed by atoms with E-state index in [0.29, 0.717) is 6.54 Å². The third-order valence-corrected chi connectivity index (χ3v) is 3.53. The van der Waals surface area contributed by atoms with Crippen molar-refractivity contribution in [3.8, 4) is 0 Å². The second-order valence-corrected chi connectivity index (χ2v) is 4.91. The summed E-state index contributed by atoms with van der Waals surface area (Å²) < 4.78 is 4.84. The molecule has 104 valence electrons. The molecule has 4 nitrogen and oxygen atoms in total. The zero-order chi connectivity index (χ0) is 13.5. The molecule has 1 aliphatic rings. The van der Waals surface area contributed by atoms with E-state index in [0.717, 1.165) is 13.1 Å². The van der Waals surface area contributed by atoms with Gasteiger partial charge in [0.05, 0.1) is 6.04 Å². The Morgan fingerprint density at radius 1 is 1.32 bits per heavy atom. The van der Waals surface area contributed by atoms with Crippen molar-refractivity contribution in [1.29, 1.82) is 0 Å². The highest BCUT2D eigenvalue weighted by Crippen LogP contribution is 2.24. The third kappa shape index (κ3) is 4.04.